The van der Waals surface area contributed by atoms with Crippen LogP contribution >= 0.6 is 31.2 Å². The van der Waals surface area contributed by atoms with Crippen molar-refractivity contribution in [2.45, 2.75) is 561 Å². The fourth-order valence-electron chi connectivity index (χ4n) is 17.2. The molecule has 14 aliphatic rings. The molecule has 4 unspecified atom stereocenters. The smallest absolute Gasteiger partial charge is 1.00 e. The Morgan fingerprint density at radius 3 is 1.33 bits per heavy atom. The first kappa shape index (κ1) is 153. The fraction of sp³-hybridized carbons (Fsp3) is 0.950. The molecule has 0 spiro atoms. The van der Waals surface area contributed by atoms with Gasteiger partial charge >= 0.3 is 45.4 Å². The summed E-state index contributed by atoms with van der Waals surface area (Å²) >= 11 is 2.15. The maximum Gasteiger partial charge on any atom is 2.00 e. The molecule has 14 saturated heterocycles. The second kappa shape index (κ2) is 62.8. The standard InChI is InChI=1S/C16H34O3Si.C10H18O4.C10H16O4.C10H20O4.C10H20O3.C9H16O2.C8H12O4.C8H16O4.C7H12O4.C7H14O4.C2H7P.CH3I.2CH4.CH3.BrH.Mg.H2O4S/c1-10-13-14(19-16(6,7)18-13)12(2)11-17-20(8,9)15(3,4)5;2*1-9(2)5-6-7(8(11)14-9)13-10(3,4)12-6;1-9(2,12)5-7-8(6-11)14-10(3,4)13-7;1-5-7(11)9-8(6-2)12-10(3,4)13-9;1-5-7-8(6-2)11-9(3,4)10-7;1-8(2)11-5-3-7(9)10-4-6(5)12-8;1-4-5(9)6(10)7(11)12-8(4,2)3;1-7(2)10-4-3-9-6(8)5(4)11-7;1-7(2)3-4(8)5(9)6(10)11-7;1-3-2;1-2;;;;;;1-5(2,3)4/h12-14H,10-11H2,1-9H3;6-8,11H,5H2,1-4H3;6-7H,5H2,1-4H3;7-8,11-12H,5-6H2,1-4H3;7-9,11H,5-6H2,1-4H3;5,7-8H,1,6H2,2-4H3;5-6H,3-4H2,1-2H3;4-7,9-11H,1-3H3;4-6,8H,3H2,1-2H3;4-6,8-10H,3H2,1-2H3;3H,1-2H3;1H3;2*1H4;1H3;1H;;(H2,1,2,3,4)/q;;;;;;;;;;;;;;-1;;+2;/p-1/t12-,13-,14+;6-,7-,8?;6-,7-;7-,8+;7-,8-,9+;7-,8+;5-,6+;4-,5-,6-,7?;2*4-,5-,6?;;;;;;;;/m0111011101......../s1. The van der Waals surface area contributed by atoms with Crippen molar-refractivity contribution in [3.05, 3.63) is 20.1 Å². The van der Waals surface area contributed by atoms with Crippen LogP contribution in [-0.4, -0.2) is 389 Å². The predicted molar refractivity (Wildman–Crippen MR) is 566 cm³/mol. The Kier molecular flexibility index (Phi) is 65.4. The Labute approximate surface area is 924 Å². The molecule has 14 aliphatic heterocycles. The first-order valence-electron chi connectivity index (χ1n) is 49.4. The maximum atomic E-state index is 11.6. The van der Waals surface area contributed by atoms with Crippen LogP contribution in [0.3, 0.4) is 0 Å². The van der Waals surface area contributed by atoms with Crippen molar-refractivity contribution in [1.82, 2.24) is 0 Å². The van der Waals surface area contributed by atoms with Crippen molar-refractivity contribution in [2.75, 3.05) is 44.7 Å². The minimum atomic E-state index is -4.67. The summed E-state index contributed by atoms with van der Waals surface area (Å²) in [5, 5.41) is 103. The number of rotatable bonds is 13. The van der Waals surface area contributed by atoms with Crippen molar-refractivity contribution < 1.29 is 209 Å². The number of halogens is 2. The molecule has 0 radical (unpaired) electrons. The number of carbonyl (C=O) groups is 2. The van der Waals surface area contributed by atoms with Gasteiger partial charge in [0.15, 0.2) is 85.9 Å². The number of esters is 2. The SMILES string of the molecule is C.C.C=C[C@H]1OC(C)(C)O[C@H]1CC.CC(C)(O)C[C@H]1OC(C)(C)O[C@H]1CO.CC1(C)C[C@@H](O)[C@@H](O)C(O)O1.CC1(C)C[C@H]2OC(C)(C)O[C@H]2C(=O)O1.CC1(C)C[C@H]2OC(C)(C)O[C@H]2C(O)O1.CC1(C)O[C@H]2COC(=O)C[C@H]2O1.CC1(C)O[C@H]2COC(O)[C@H]2O1.CC[C@@H]1OC(C)(C)O[C@@H]1[C@@H](C)CO[Si](C)(C)C(C)(C)C.CC[C@@H]1OC(C)(C)O[C@@H]1[C@@H](O)CC.CI.CPC.C[C@@H]1[C@@H](O)[C@@H](O)C(O)OC1(C)C.O=S(=O)(O)O.[Br-].[CH3-].[Mg+2]. The molecule has 40 nitrogen and oxygen atoms in total. The van der Waals surface area contributed by atoms with Crippen molar-refractivity contribution >= 4 is 84.9 Å². The summed E-state index contributed by atoms with van der Waals surface area (Å²) in [6, 6.07) is 0. The number of fused-ring (bicyclic) bond motifs is 4. The van der Waals surface area contributed by atoms with E-state index in [9.17, 15) is 45.3 Å². The van der Waals surface area contributed by atoms with Gasteiger partial charge in [-0.15, -0.1) is 15.2 Å². The Bertz CT molecular complexity index is 3800. The van der Waals surface area contributed by atoms with E-state index in [0.29, 0.717) is 51.2 Å². The normalized spacial score (nSPS) is 35.2. The molecule has 0 aromatic rings. The Morgan fingerprint density at radius 2 is 0.884 bits per heavy atom. The number of ether oxygens (including phenoxy) is 22. The summed E-state index contributed by atoms with van der Waals surface area (Å²) in [5.41, 5.74) is -2.75. The molecule has 147 heavy (non-hydrogen) atoms. The van der Waals surface area contributed by atoms with Gasteiger partial charge in [0.2, 0.25) is 0 Å². The van der Waals surface area contributed by atoms with Crippen molar-refractivity contribution in [1.29, 1.82) is 0 Å². The van der Waals surface area contributed by atoms with Gasteiger partial charge in [0, 0.05) is 44.1 Å². The monoisotopic (exact) mass is 2380 g/mol. The summed E-state index contributed by atoms with van der Waals surface area (Å²) in [7, 11) is -5.27. The van der Waals surface area contributed by atoms with Gasteiger partial charge in [-0.25, -0.2) is 4.79 Å². The molecule has 0 saturated carbocycles. The molecule has 46 heteroatoms. The number of alkyl halides is 1. The Balaban J connectivity index is -0.000000765. The van der Waals surface area contributed by atoms with Crippen molar-refractivity contribution in [3.8, 4) is 0 Å². The van der Waals surface area contributed by atoms with Crippen molar-refractivity contribution in [2.24, 2.45) is 11.8 Å². The molecule has 0 aliphatic carbocycles. The topological polar surface area (TPSA) is 544 Å². The average Bonchev–Trinajstić information content (AvgIpc) is 1.61. The quantitative estimate of drug-likeness (QED) is 0.0119. The number of hydrogen-bond acceptors (Lipinski definition) is 38. The average molecular weight is 2380 g/mol. The van der Waals surface area contributed by atoms with E-state index in [1.165, 1.54) is 0 Å². The first-order chi connectivity index (χ1) is 64.1. The molecule has 0 amide bonds. The van der Waals surface area contributed by atoms with E-state index in [1.54, 1.807) is 62.3 Å². The molecule has 27 atom stereocenters. The minimum Gasteiger partial charge on any atom is -1.00 e. The van der Waals surface area contributed by atoms with Gasteiger partial charge in [0.1, 0.15) is 79.4 Å². The zero-order valence-corrected chi connectivity index (χ0v) is 103. The van der Waals surface area contributed by atoms with Gasteiger partial charge in [0.05, 0.1) is 97.0 Å². The maximum absolute atomic E-state index is 11.6. The van der Waals surface area contributed by atoms with Crippen LogP contribution in [0.1, 0.15) is 315 Å². The number of hydrogen-bond donors (Lipinski definition) is 13. The molecular formula is C101H201BrIMgO40PSSi. The van der Waals surface area contributed by atoms with Gasteiger partial charge in [-0.05, 0) is 242 Å². The van der Waals surface area contributed by atoms with E-state index in [1.807, 2.05) is 149 Å². The summed E-state index contributed by atoms with van der Waals surface area (Å²) in [6.45, 7) is 81.2. The molecule has 0 aromatic heterocycles. The van der Waals surface area contributed by atoms with Gasteiger partial charge in [-0.1, -0.05) is 106 Å². The summed E-state index contributed by atoms with van der Waals surface area (Å²) < 4.78 is 158. The molecule has 14 rings (SSSR count). The Morgan fingerprint density at radius 1 is 0.503 bits per heavy atom. The van der Waals surface area contributed by atoms with Gasteiger partial charge in [0.25, 0.3) is 0 Å². The number of cyclic esters (lactones) is 2. The summed E-state index contributed by atoms with van der Waals surface area (Å²) in [4.78, 5) is 24.4. The third-order valence-electron chi connectivity index (χ3n) is 24.8. The Hall–Kier alpha value is -0.107. The molecule has 14 heterocycles. The van der Waals surface area contributed by atoms with Crippen LogP contribution < -0.4 is 17.0 Å². The summed E-state index contributed by atoms with van der Waals surface area (Å²) in [6.07, 6.45) is -2.81. The first-order valence-corrected chi connectivity index (χ1v) is 57.9. The van der Waals surface area contributed by atoms with Crippen molar-refractivity contribution in [3.63, 3.8) is 0 Å². The van der Waals surface area contributed by atoms with Crippen LogP contribution in [0.15, 0.2) is 12.7 Å². The molecule has 0 bridgehead atoms. The van der Waals surface area contributed by atoms with Crippen LogP contribution in [0.25, 0.3) is 0 Å². The van der Waals surface area contributed by atoms with Crippen LogP contribution in [-0.2, 0) is 129 Å². The van der Waals surface area contributed by atoms with Crippen LogP contribution in [0.4, 0.5) is 0 Å². The summed E-state index contributed by atoms with van der Waals surface area (Å²) in [5.74, 6) is -4.86. The molecule has 876 valence electrons. The van der Waals surface area contributed by atoms with E-state index in [4.69, 9.17) is 147 Å². The zero-order valence-electron chi connectivity index (χ0n) is 94.8. The fourth-order valence-corrected chi connectivity index (χ4v) is 18.3. The third-order valence-corrected chi connectivity index (χ3v) is 29.3. The third kappa shape index (κ3) is 52.9. The van der Waals surface area contributed by atoms with E-state index < -0.39 is 149 Å². The van der Waals surface area contributed by atoms with E-state index >= 15 is 0 Å². The molecule has 14 fully saturated rings. The van der Waals surface area contributed by atoms with Gasteiger partial charge in [-0.2, -0.15) is 8.42 Å². The van der Waals surface area contributed by atoms with E-state index in [-0.39, 0.29) is 189 Å². The molecular weight excluding hydrogens is 2180 g/mol. The van der Waals surface area contributed by atoms with Crippen LogP contribution in [0.5, 0.6) is 0 Å². The molecule has 0 aromatic carbocycles. The second-order valence-electron chi connectivity index (χ2n) is 45.7. The van der Waals surface area contributed by atoms with Crippen LogP contribution in [0.2, 0.25) is 18.1 Å². The minimum absolute atomic E-state index is 0. The van der Waals surface area contributed by atoms with E-state index in [2.05, 4.69) is 97.1 Å². The van der Waals surface area contributed by atoms with Gasteiger partial charge < -0.3 is 189 Å². The number of carbonyl (C=O) groups excluding carboxylic acids is 2. The number of aliphatic hydroxyl groups excluding tert-OH is 10. The number of aliphatic hydroxyl groups is 11. The largest absolute Gasteiger partial charge is 2.00 e. The predicted octanol–water partition coefficient (Wildman–Crippen LogP) is 9.95. The second-order valence-corrected chi connectivity index (χ2v) is 52.4. The molecule has 13 N–H and O–H groups in total. The van der Waals surface area contributed by atoms with E-state index in [0.717, 1.165) is 40.9 Å². The van der Waals surface area contributed by atoms with Gasteiger partial charge in [-0.3, -0.25) is 13.9 Å². The zero-order chi connectivity index (χ0) is 111. The van der Waals surface area contributed by atoms with Crippen LogP contribution in [0, 0.1) is 19.3 Å².